The molecular formula is C20H32FN. The lowest BCUT2D eigenvalue weighted by molar-refractivity contribution is 0.401. The Hall–Kier alpha value is -1.44. The van der Waals surface area contributed by atoms with Crippen LogP contribution in [0.5, 0.6) is 0 Å². The summed E-state index contributed by atoms with van der Waals surface area (Å²) < 4.78 is 13.4. The van der Waals surface area contributed by atoms with E-state index in [0.717, 1.165) is 42.5 Å². The monoisotopic (exact) mass is 305 g/mol. The highest BCUT2D eigenvalue weighted by Gasteiger charge is 2.29. The number of rotatable bonds is 10. The Kier molecular flexibility index (Phi) is 8.93. The van der Waals surface area contributed by atoms with Crippen LogP contribution in [0.2, 0.25) is 0 Å². The summed E-state index contributed by atoms with van der Waals surface area (Å²) in [6, 6.07) is 0. The van der Waals surface area contributed by atoms with Gasteiger partial charge >= 0.3 is 0 Å². The zero-order valence-electron chi connectivity index (χ0n) is 15.0. The molecule has 0 saturated heterocycles. The summed E-state index contributed by atoms with van der Waals surface area (Å²) >= 11 is 0. The molecule has 0 aromatic carbocycles. The largest absolute Gasteiger partial charge is 0.229 e. The van der Waals surface area contributed by atoms with E-state index in [2.05, 4.69) is 52.4 Å². The summed E-state index contributed by atoms with van der Waals surface area (Å²) in [4.78, 5) is 3.99. The Bertz CT molecular complexity index is 470. The highest BCUT2D eigenvalue weighted by atomic mass is 19.1. The maximum Gasteiger partial charge on any atom is 0.212 e. The molecule has 2 atom stereocenters. The fraction of sp³-hybridized carbons (Fsp3) is 0.550. The summed E-state index contributed by atoms with van der Waals surface area (Å²) in [7, 11) is 0. The molecule has 0 saturated carbocycles. The lowest BCUT2D eigenvalue weighted by Crippen LogP contribution is -2.23. The average molecular weight is 305 g/mol. The van der Waals surface area contributed by atoms with Crippen molar-refractivity contribution in [2.24, 2.45) is 16.3 Å². The fourth-order valence-electron chi connectivity index (χ4n) is 2.38. The first-order chi connectivity index (χ1) is 10.2. The van der Waals surface area contributed by atoms with Crippen molar-refractivity contribution in [3.63, 3.8) is 0 Å². The number of aliphatic imine (C=N–C) groups is 1. The van der Waals surface area contributed by atoms with Gasteiger partial charge in [0, 0.05) is 11.1 Å². The number of hydrogen-bond donors (Lipinski definition) is 0. The van der Waals surface area contributed by atoms with Gasteiger partial charge in [0.2, 0.25) is 5.95 Å². The summed E-state index contributed by atoms with van der Waals surface area (Å²) in [6.45, 7) is 22.3. The van der Waals surface area contributed by atoms with Crippen LogP contribution in [0.4, 0.5) is 4.39 Å². The van der Waals surface area contributed by atoms with Gasteiger partial charge in [-0.2, -0.15) is 4.39 Å². The van der Waals surface area contributed by atoms with Gasteiger partial charge in [-0.3, -0.25) is 0 Å². The Labute approximate surface area is 136 Å². The SMILES string of the molecule is C=C/C=C(/F)N=C(C)C(C)CC(=C)C(C)(CCCC)C(=C)C. The summed E-state index contributed by atoms with van der Waals surface area (Å²) in [5.41, 5.74) is 3.02. The topological polar surface area (TPSA) is 12.4 Å². The van der Waals surface area contributed by atoms with E-state index in [9.17, 15) is 4.39 Å². The Morgan fingerprint density at radius 3 is 2.36 bits per heavy atom. The van der Waals surface area contributed by atoms with Crippen molar-refractivity contribution < 1.29 is 4.39 Å². The normalized spacial score (nSPS) is 16.8. The molecule has 2 heteroatoms. The van der Waals surface area contributed by atoms with E-state index in [1.165, 1.54) is 12.2 Å². The van der Waals surface area contributed by atoms with Crippen LogP contribution in [0, 0.1) is 11.3 Å². The molecule has 0 fully saturated rings. The van der Waals surface area contributed by atoms with Crippen LogP contribution in [-0.2, 0) is 0 Å². The summed E-state index contributed by atoms with van der Waals surface area (Å²) in [5, 5.41) is 0. The number of hydrogen-bond acceptors (Lipinski definition) is 1. The first-order valence-corrected chi connectivity index (χ1v) is 8.06. The van der Waals surface area contributed by atoms with E-state index < -0.39 is 5.95 Å². The summed E-state index contributed by atoms with van der Waals surface area (Å²) in [6.07, 6.45) is 6.84. The van der Waals surface area contributed by atoms with E-state index in [-0.39, 0.29) is 11.3 Å². The zero-order valence-corrected chi connectivity index (χ0v) is 15.0. The predicted molar refractivity (Wildman–Crippen MR) is 97.9 cm³/mol. The van der Waals surface area contributed by atoms with Crippen molar-refractivity contribution in [1.29, 1.82) is 0 Å². The van der Waals surface area contributed by atoms with Crippen LogP contribution in [0.15, 0.2) is 54.0 Å². The van der Waals surface area contributed by atoms with E-state index in [4.69, 9.17) is 0 Å². The van der Waals surface area contributed by atoms with E-state index in [1.807, 2.05) is 6.92 Å². The van der Waals surface area contributed by atoms with Crippen LogP contribution in [-0.4, -0.2) is 5.71 Å². The van der Waals surface area contributed by atoms with Gasteiger partial charge in [0.25, 0.3) is 0 Å². The third-order valence-corrected chi connectivity index (χ3v) is 4.56. The lowest BCUT2D eigenvalue weighted by atomic mass is 9.71. The van der Waals surface area contributed by atoms with Crippen molar-refractivity contribution in [2.45, 2.75) is 60.3 Å². The molecule has 0 radical (unpaired) electrons. The maximum absolute atomic E-state index is 13.4. The third kappa shape index (κ3) is 6.13. The molecule has 0 amide bonds. The van der Waals surface area contributed by atoms with Gasteiger partial charge < -0.3 is 0 Å². The van der Waals surface area contributed by atoms with E-state index in [0.29, 0.717) is 0 Å². The smallest absolute Gasteiger partial charge is 0.212 e. The minimum Gasteiger partial charge on any atom is -0.229 e. The van der Waals surface area contributed by atoms with Crippen LogP contribution in [0.3, 0.4) is 0 Å². The molecule has 0 spiro atoms. The van der Waals surface area contributed by atoms with Gasteiger partial charge in [0.15, 0.2) is 0 Å². The number of allylic oxidation sites excluding steroid dienone is 4. The van der Waals surface area contributed by atoms with Gasteiger partial charge in [0.1, 0.15) is 0 Å². The van der Waals surface area contributed by atoms with Crippen molar-refractivity contribution in [2.75, 3.05) is 0 Å². The molecule has 0 aliphatic heterocycles. The fourth-order valence-corrected chi connectivity index (χ4v) is 2.38. The molecule has 22 heavy (non-hydrogen) atoms. The van der Waals surface area contributed by atoms with Crippen LogP contribution >= 0.6 is 0 Å². The highest BCUT2D eigenvalue weighted by molar-refractivity contribution is 5.85. The molecule has 0 heterocycles. The van der Waals surface area contributed by atoms with E-state index >= 15 is 0 Å². The Balaban J connectivity index is 5.04. The van der Waals surface area contributed by atoms with Gasteiger partial charge in [-0.1, -0.05) is 70.6 Å². The number of halogens is 1. The quantitative estimate of drug-likeness (QED) is 0.182. The Morgan fingerprint density at radius 1 is 1.32 bits per heavy atom. The average Bonchev–Trinajstić information content (AvgIpc) is 2.44. The molecule has 0 aromatic rings. The third-order valence-electron chi connectivity index (χ3n) is 4.56. The first-order valence-electron chi connectivity index (χ1n) is 8.06. The zero-order chi connectivity index (χ0) is 17.3. The van der Waals surface area contributed by atoms with Crippen LogP contribution in [0.25, 0.3) is 0 Å². The van der Waals surface area contributed by atoms with Gasteiger partial charge in [0.05, 0.1) is 0 Å². The van der Waals surface area contributed by atoms with Crippen LogP contribution < -0.4 is 0 Å². The Morgan fingerprint density at radius 2 is 1.91 bits per heavy atom. The number of nitrogens with zero attached hydrogens (tertiary/aromatic N) is 1. The second kappa shape index (κ2) is 9.55. The van der Waals surface area contributed by atoms with Crippen molar-refractivity contribution in [3.8, 4) is 0 Å². The summed E-state index contributed by atoms with van der Waals surface area (Å²) in [5.74, 6) is -0.352. The number of unbranched alkanes of at least 4 members (excludes halogenated alkanes) is 1. The van der Waals surface area contributed by atoms with Gasteiger partial charge in [-0.05, 0) is 38.7 Å². The minimum absolute atomic E-state index is 0.0555. The molecule has 0 aliphatic carbocycles. The molecule has 0 N–H and O–H groups in total. The second-order valence-electron chi connectivity index (χ2n) is 6.40. The second-order valence-corrected chi connectivity index (χ2v) is 6.40. The molecule has 0 rings (SSSR count). The molecule has 0 aromatic heterocycles. The highest BCUT2D eigenvalue weighted by Crippen LogP contribution is 2.41. The van der Waals surface area contributed by atoms with Crippen molar-refractivity contribution in [3.05, 3.63) is 49.0 Å². The lowest BCUT2D eigenvalue weighted by Gasteiger charge is -2.34. The standard InChI is InChI=1S/C20H32FN/c1-9-11-13-20(8,15(3)4)17(6)14-16(5)18(7)22-19(21)12-10-2/h10,12,16H,2-3,6,9,11,13-14H2,1,4-5,7-8H3/b19-12-,22-18?. The van der Waals surface area contributed by atoms with Gasteiger partial charge in [-0.25, -0.2) is 4.99 Å². The molecule has 0 aliphatic rings. The first kappa shape index (κ1) is 20.6. The van der Waals surface area contributed by atoms with Crippen molar-refractivity contribution in [1.82, 2.24) is 0 Å². The molecule has 2 unspecified atom stereocenters. The molecule has 1 nitrogen and oxygen atoms in total. The maximum atomic E-state index is 13.4. The minimum atomic E-state index is -0.501. The molecule has 0 bridgehead atoms. The molecular weight excluding hydrogens is 273 g/mol. The predicted octanol–water partition coefficient (Wildman–Crippen LogP) is 6.80. The van der Waals surface area contributed by atoms with E-state index in [1.54, 1.807) is 0 Å². The van der Waals surface area contributed by atoms with Crippen LogP contribution in [0.1, 0.15) is 60.3 Å². The van der Waals surface area contributed by atoms with Crippen molar-refractivity contribution >= 4 is 5.71 Å². The van der Waals surface area contributed by atoms with Gasteiger partial charge in [-0.15, -0.1) is 0 Å². The molecule has 124 valence electrons.